The molecular formula is C18H23NO. The molecule has 2 heteroatoms. The highest BCUT2D eigenvalue weighted by molar-refractivity contribution is 5.65. The molecular weight excluding hydrogens is 246 g/mol. The summed E-state index contributed by atoms with van der Waals surface area (Å²) in [6, 6.07) is 11.7. The number of nitrogens with one attached hydrogen (secondary N) is 1. The van der Waals surface area contributed by atoms with Crippen LogP contribution >= 0.6 is 0 Å². The summed E-state index contributed by atoms with van der Waals surface area (Å²) >= 11 is 0. The van der Waals surface area contributed by atoms with Gasteiger partial charge in [0.2, 0.25) is 0 Å². The number of hydrogen-bond donors (Lipinski definition) is 1. The van der Waals surface area contributed by atoms with Crippen molar-refractivity contribution in [2.45, 2.75) is 51.6 Å². The van der Waals surface area contributed by atoms with E-state index in [1.165, 1.54) is 48.8 Å². The SMILES string of the molecule is CCCCc1ccc(-c2ccoc2CNC2CC2)cc1. The van der Waals surface area contributed by atoms with Crippen LogP contribution in [0.4, 0.5) is 0 Å². The number of benzene rings is 1. The second kappa shape index (κ2) is 6.27. The topological polar surface area (TPSA) is 25.2 Å². The summed E-state index contributed by atoms with van der Waals surface area (Å²) in [5, 5.41) is 3.51. The van der Waals surface area contributed by atoms with Gasteiger partial charge >= 0.3 is 0 Å². The lowest BCUT2D eigenvalue weighted by Gasteiger charge is -2.06. The molecule has 1 saturated carbocycles. The van der Waals surface area contributed by atoms with E-state index in [2.05, 4.69) is 42.6 Å². The van der Waals surface area contributed by atoms with E-state index in [0.717, 1.165) is 12.3 Å². The summed E-state index contributed by atoms with van der Waals surface area (Å²) in [5.74, 6) is 1.05. The molecule has 106 valence electrons. The first-order valence-corrected chi connectivity index (χ1v) is 7.76. The minimum atomic E-state index is 0.712. The molecule has 1 fully saturated rings. The summed E-state index contributed by atoms with van der Waals surface area (Å²) in [6.45, 7) is 3.07. The highest BCUT2D eigenvalue weighted by Crippen LogP contribution is 2.27. The number of hydrogen-bond acceptors (Lipinski definition) is 2. The van der Waals surface area contributed by atoms with Crippen LogP contribution in [-0.2, 0) is 13.0 Å². The van der Waals surface area contributed by atoms with Crippen LogP contribution in [0.3, 0.4) is 0 Å². The molecule has 0 aliphatic heterocycles. The maximum Gasteiger partial charge on any atom is 0.125 e. The van der Waals surface area contributed by atoms with E-state index in [1.54, 1.807) is 6.26 Å². The van der Waals surface area contributed by atoms with Crippen LogP contribution in [0.1, 0.15) is 43.9 Å². The van der Waals surface area contributed by atoms with Gasteiger partial charge in [-0.15, -0.1) is 0 Å². The summed E-state index contributed by atoms with van der Waals surface area (Å²) in [7, 11) is 0. The van der Waals surface area contributed by atoms with E-state index < -0.39 is 0 Å². The zero-order valence-corrected chi connectivity index (χ0v) is 12.2. The Morgan fingerprint density at radius 1 is 1.15 bits per heavy atom. The van der Waals surface area contributed by atoms with Gasteiger partial charge in [0.25, 0.3) is 0 Å². The van der Waals surface area contributed by atoms with Crippen molar-refractivity contribution in [3.63, 3.8) is 0 Å². The van der Waals surface area contributed by atoms with Crippen molar-refractivity contribution >= 4 is 0 Å². The van der Waals surface area contributed by atoms with Crippen molar-refractivity contribution in [2.24, 2.45) is 0 Å². The summed E-state index contributed by atoms with van der Waals surface area (Å²) in [4.78, 5) is 0. The molecule has 3 rings (SSSR count). The van der Waals surface area contributed by atoms with Gasteiger partial charge in [-0.3, -0.25) is 0 Å². The Balaban J connectivity index is 1.69. The summed E-state index contributed by atoms with van der Waals surface area (Å²) < 4.78 is 5.63. The zero-order chi connectivity index (χ0) is 13.8. The predicted octanol–water partition coefficient (Wildman–Crippen LogP) is 4.54. The average Bonchev–Trinajstić information content (AvgIpc) is 3.20. The predicted molar refractivity (Wildman–Crippen MR) is 82.6 cm³/mol. The molecule has 20 heavy (non-hydrogen) atoms. The van der Waals surface area contributed by atoms with Gasteiger partial charge in [0.05, 0.1) is 12.8 Å². The van der Waals surface area contributed by atoms with Crippen molar-refractivity contribution in [2.75, 3.05) is 0 Å². The number of unbranched alkanes of at least 4 members (excludes halogenated alkanes) is 1. The molecule has 1 aliphatic carbocycles. The third kappa shape index (κ3) is 3.31. The molecule has 0 bridgehead atoms. The van der Waals surface area contributed by atoms with Crippen molar-refractivity contribution in [1.82, 2.24) is 5.32 Å². The Kier molecular flexibility index (Phi) is 4.22. The van der Waals surface area contributed by atoms with Gasteiger partial charge in [0, 0.05) is 11.6 Å². The van der Waals surface area contributed by atoms with Gasteiger partial charge in [-0.05, 0) is 42.9 Å². The van der Waals surface area contributed by atoms with Crippen molar-refractivity contribution < 1.29 is 4.42 Å². The molecule has 2 nitrogen and oxygen atoms in total. The molecule has 0 atom stereocenters. The smallest absolute Gasteiger partial charge is 0.125 e. The highest BCUT2D eigenvalue weighted by atomic mass is 16.3. The molecule has 1 N–H and O–H groups in total. The lowest BCUT2D eigenvalue weighted by molar-refractivity contribution is 0.483. The van der Waals surface area contributed by atoms with E-state index >= 15 is 0 Å². The Morgan fingerprint density at radius 3 is 2.65 bits per heavy atom. The minimum absolute atomic E-state index is 0.712. The van der Waals surface area contributed by atoms with E-state index in [9.17, 15) is 0 Å². The van der Waals surface area contributed by atoms with Crippen LogP contribution in [0.2, 0.25) is 0 Å². The standard InChI is InChI=1S/C18H23NO/c1-2-3-4-14-5-7-15(8-6-14)17-11-12-20-18(17)13-19-16-9-10-16/h5-8,11-12,16,19H,2-4,9-10,13H2,1H3. The second-order valence-electron chi connectivity index (χ2n) is 5.71. The largest absolute Gasteiger partial charge is 0.467 e. The Bertz CT molecular complexity index is 537. The van der Waals surface area contributed by atoms with Crippen LogP contribution in [-0.4, -0.2) is 6.04 Å². The summed E-state index contributed by atoms with van der Waals surface area (Å²) in [6.07, 6.45) is 8.11. The van der Waals surface area contributed by atoms with E-state index in [4.69, 9.17) is 4.42 Å². The van der Waals surface area contributed by atoms with Gasteiger partial charge in [-0.25, -0.2) is 0 Å². The monoisotopic (exact) mass is 269 g/mol. The van der Waals surface area contributed by atoms with Crippen molar-refractivity contribution in [3.8, 4) is 11.1 Å². The van der Waals surface area contributed by atoms with Gasteiger partial charge in [0.15, 0.2) is 0 Å². The Hall–Kier alpha value is -1.54. The normalized spacial score (nSPS) is 14.7. The minimum Gasteiger partial charge on any atom is -0.467 e. The number of rotatable bonds is 7. The molecule has 0 unspecified atom stereocenters. The van der Waals surface area contributed by atoms with Gasteiger partial charge < -0.3 is 9.73 Å². The Labute approximate surface area is 121 Å². The van der Waals surface area contributed by atoms with Gasteiger partial charge in [0.1, 0.15) is 5.76 Å². The second-order valence-corrected chi connectivity index (χ2v) is 5.71. The van der Waals surface area contributed by atoms with Crippen molar-refractivity contribution in [1.29, 1.82) is 0 Å². The first kappa shape index (κ1) is 13.4. The van der Waals surface area contributed by atoms with Crippen LogP contribution in [0.5, 0.6) is 0 Å². The van der Waals surface area contributed by atoms with Crippen LogP contribution in [0.15, 0.2) is 41.0 Å². The fourth-order valence-electron chi connectivity index (χ4n) is 2.49. The van der Waals surface area contributed by atoms with Crippen LogP contribution in [0.25, 0.3) is 11.1 Å². The van der Waals surface area contributed by atoms with Crippen LogP contribution in [0, 0.1) is 0 Å². The fraction of sp³-hybridized carbons (Fsp3) is 0.444. The van der Waals surface area contributed by atoms with E-state index in [1.807, 2.05) is 0 Å². The maximum atomic E-state index is 5.63. The average molecular weight is 269 g/mol. The molecule has 1 aromatic carbocycles. The maximum absolute atomic E-state index is 5.63. The molecule has 0 saturated heterocycles. The first-order valence-electron chi connectivity index (χ1n) is 7.76. The molecule has 2 aromatic rings. The highest BCUT2D eigenvalue weighted by Gasteiger charge is 2.21. The van der Waals surface area contributed by atoms with E-state index in [-0.39, 0.29) is 0 Å². The lowest BCUT2D eigenvalue weighted by atomic mass is 10.0. The van der Waals surface area contributed by atoms with Crippen LogP contribution < -0.4 is 5.32 Å². The molecule has 1 aromatic heterocycles. The quantitative estimate of drug-likeness (QED) is 0.798. The molecule has 0 radical (unpaired) electrons. The number of aryl methyl sites for hydroxylation is 1. The van der Waals surface area contributed by atoms with E-state index in [0.29, 0.717) is 6.04 Å². The molecule has 0 spiro atoms. The lowest BCUT2D eigenvalue weighted by Crippen LogP contribution is -2.15. The zero-order valence-electron chi connectivity index (χ0n) is 12.2. The molecule has 1 heterocycles. The fourth-order valence-corrected chi connectivity index (χ4v) is 2.49. The summed E-state index contributed by atoms with van der Waals surface area (Å²) in [5.41, 5.74) is 3.91. The Morgan fingerprint density at radius 2 is 1.95 bits per heavy atom. The molecule has 1 aliphatic rings. The van der Waals surface area contributed by atoms with Gasteiger partial charge in [-0.2, -0.15) is 0 Å². The third-order valence-electron chi connectivity index (χ3n) is 3.96. The number of furan rings is 1. The molecule has 0 amide bonds. The van der Waals surface area contributed by atoms with Crippen molar-refractivity contribution in [3.05, 3.63) is 47.9 Å². The van der Waals surface area contributed by atoms with Gasteiger partial charge in [-0.1, -0.05) is 37.6 Å². The third-order valence-corrected chi connectivity index (χ3v) is 3.96. The first-order chi connectivity index (χ1) is 9.86.